The molecule has 1 aromatic heterocycles. The number of nitrogen functional groups attached to an aromatic ring is 1. The lowest BCUT2D eigenvalue weighted by atomic mass is 9.92. The molecule has 1 aromatic rings. The largest absolute Gasteiger partial charge is 0.398 e. The Hall–Kier alpha value is -1.09. The van der Waals surface area contributed by atoms with E-state index in [2.05, 4.69) is 4.98 Å². The van der Waals surface area contributed by atoms with Gasteiger partial charge in [-0.05, 0) is 37.3 Å². The molecule has 3 N–H and O–H groups in total. The third-order valence-electron chi connectivity index (χ3n) is 2.95. The third-order valence-corrected chi connectivity index (χ3v) is 2.95. The smallest absolute Gasteiger partial charge is 0.0689 e. The monoisotopic (exact) mass is 192 g/mol. The van der Waals surface area contributed by atoms with Crippen LogP contribution in [0.25, 0.3) is 0 Å². The lowest BCUT2D eigenvalue weighted by molar-refractivity contribution is 0.0373. The van der Waals surface area contributed by atoms with E-state index >= 15 is 0 Å². The summed E-state index contributed by atoms with van der Waals surface area (Å²) in [5.41, 5.74) is 6.85. The first kappa shape index (κ1) is 9.46. The van der Waals surface area contributed by atoms with Crippen LogP contribution in [0.4, 0.5) is 5.69 Å². The maximum atomic E-state index is 10.1. The van der Waals surface area contributed by atoms with Crippen molar-refractivity contribution in [2.75, 3.05) is 5.73 Å². The highest BCUT2D eigenvalue weighted by Crippen LogP contribution is 2.41. The van der Waals surface area contributed by atoms with Gasteiger partial charge in [-0.15, -0.1) is 0 Å². The van der Waals surface area contributed by atoms with Gasteiger partial charge in [0.1, 0.15) is 0 Å². The summed E-state index contributed by atoms with van der Waals surface area (Å²) in [5, 5.41) is 10.1. The van der Waals surface area contributed by atoms with E-state index in [9.17, 15) is 5.11 Å². The molecule has 0 amide bonds. The molecule has 0 bridgehead atoms. The number of hydrogen-bond acceptors (Lipinski definition) is 3. The summed E-state index contributed by atoms with van der Waals surface area (Å²) in [7, 11) is 0. The van der Waals surface area contributed by atoms with E-state index in [1.54, 1.807) is 18.5 Å². The van der Waals surface area contributed by atoms with Gasteiger partial charge >= 0.3 is 0 Å². The fraction of sp³-hybridized carbons (Fsp3) is 0.545. The summed E-state index contributed by atoms with van der Waals surface area (Å²) in [6, 6.07) is 1.78. The Morgan fingerprint density at radius 1 is 1.64 bits per heavy atom. The summed E-state index contributed by atoms with van der Waals surface area (Å²) < 4.78 is 0. The van der Waals surface area contributed by atoms with Crippen LogP contribution in [-0.2, 0) is 6.42 Å². The Bertz CT molecular complexity index is 332. The topological polar surface area (TPSA) is 59.1 Å². The summed E-state index contributed by atoms with van der Waals surface area (Å²) in [6.45, 7) is 1.89. The van der Waals surface area contributed by atoms with E-state index in [1.165, 1.54) is 0 Å². The molecule has 1 saturated carbocycles. The molecule has 3 nitrogen and oxygen atoms in total. The second-order valence-corrected chi connectivity index (χ2v) is 4.38. The van der Waals surface area contributed by atoms with E-state index in [-0.39, 0.29) is 0 Å². The highest BCUT2D eigenvalue weighted by Gasteiger charge is 2.40. The number of nitrogens with two attached hydrogens (primary N) is 1. The number of rotatable bonds is 3. The lowest BCUT2D eigenvalue weighted by Crippen LogP contribution is -2.30. The summed E-state index contributed by atoms with van der Waals surface area (Å²) in [4.78, 5) is 4.02. The van der Waals surface area contributed by atoms with Crippen LogP contribution in [0.5, 0.6) is 0 Å². The van der Waals surface area contributed by atoms with Crippen LogP contribution < -0.4 is 5.73 Å². The Balaban J connectivity index is 2.13. The molecule has 1 aliphatic carbocycles. The average Bonchev–Trinajstić information content (AvgIpc) is 2.91. The standard InChI is InChI=1S/C11H16N2O/c1-11(14,9-2-3-9)6-8-7-13-5-4-10(8)12/h4-5,7,9,14H,2-3,6H2,1H3,(H2,12,13). The molecular formula is C11H16N2O. The first-order valence-electron chi connectivity index (χ1n) is 5.00. The molecule has 3 heteroatoms. The van der Waals surface area contributed by atoms with Crippen molar-refractivity contribution >= 4 is 5.69 Å². The maximum Gasteiger partial charge on any atom is 0.0689 e. The van der Waals surface area contributed by atoms with Crippen molar-refractivity contribution < 1.29 is 5.11 Å². The highest BCUT2D eigenvalue weighted by molar-refractivity contribution is 5.45. The first-order valence-corrected chi connectivity index (χ1v) is 5.00. The molecule has 0 saturated heterocycles. The normalized spacial score (nSPS) is 20.4. The van der Waals surface area contributed by atoms with Crippen LogP contribution in [-0.4, -0.2) is 15.7 Å². The zero-order valence-electron chi connectivity index (χ0n) is 8.40. The highest BCUT2D eigenvalue weighted by atomic mass is 16.3. The molecule has 2 rings (SSSR count). The van der Waals surface area contributed by atoms with Gasteiger partial charge in [-0.2, -0.15) is 0 Å². The van der Waals surface area contributed by atoms with Crippen molar-refractivity contribution in [2.24, 2.45) is 5.92 Å². The van der Waals surface area contributed by atoms with Gasteiger partial charge < -0.3 is 10.8 Å². The fourth-order valence-corrected chi connectivity index (χ4v) is 1.82. The SMILES string of the molecule is CC(O)(Cc1cnccc1N)C1CC1. The molecule has 1 fully saturated rings. The van der Waals surface area contributed by atoms with Gasteiger partial charge in [0.15, 0.2) is 0 Å². The second-order valence-electron chi connectivity index (χ2n) is 4.38. The third kappa shape index (κ3) is 1.87. The van der Waals surface area contributed by atoms with Crippen LogP contribution in [0.3, 0.4) is 0 Å². The molecule has 0 spiro atoms. The first-order chi connectivity index (χ1) is 6.59. The number of pyridine rings is 1. The van der Waals surface area contributed by atoms with Gasteiger partial charge in [0.05, 0.1) is 5.60 Å². The number of aliphatic hydroxyl groups is 1. The fourth-order valence-electron chi connectivity index (χ4n) is 1.82. The zero-order chi connectivity index (χ0) is 10.2. The van der Waals surface area contributed by atoms with E-state index in [0.29, 0.717) is 12.3 Å². The van der Waals surface area contributed by atoms with Gasteiger partial charge in [-0.1, -0.05) is 0 Å². The van der Waals surface area contributed by atoms with Crippen molar-refractivity contribution in [3.63, 3.8) is 0 Å². The lowest BCUT2D eigenvalue weighted by Gasteiger charge is -2.23. The Kier molecular flexibility index (Phi) is 2.19. The molecule has 1 unspecified atom stereocenters. The number of aromatic nitrogens is 1. The van der Waals surface area contributed by atoms with Gasteiger partial charge in [-0.25, -0.2) is 0 Å². The summed E-state index contributed by atoms with van der Waals surface area (Å²) in [6.07, 6.45) is 6.29. The minimum Gasteiger partial charge on any atom is -0.398 e. The Morgan fingerprint density at radius 3 is 2.93 bits per heavy atom. The van der Waals surface area contributed by atoms with Crippen LogP contribution in [0.1, 0.15) is 25.3 Å². The number of anilines is 1. The molecule has 1 heterocycles. The van der Waals surface area contributed by atoms with Crippen LogP contribution in [0.2, 0.25) is 0 Å². The zero-order valence-corrected chi connectivity index (χ0v) is 8.40. The average molecular weight is 192 g/mol. The molecule has 14 heavy (non-hydrogen) atoms. The Morgan fingerprint density at radius 2 is 2.36 bits per heavy atom. The minimum absolute atomic E-state index is 0.446. The number of nitrogens with zero attached hydrogens (tertiary/aromatic N) is 1. The van der Waals surface area contributed by atoms with Gasteiger partial charge in [0.25, 0.3) is 0 Å². The summed E-state index contributed by atoms with van der Waals surface area (Å²) >= 11 is 0. The molecule has 0 aliphatic heterocycles. The van der Waals surface area contributed by atoms with Crippen LogP contribution in [0.15, 0.2) is 18.5 Å². The molecular weight excluding hydrogens is 176 g/mol. The predicted molar refractivity (Wildman–Crippen MR) is 55.7 cm³/mol. The van der Waals surface area contributed by atoms with Crippen LogP contribution >= 0.6 is 0 Å². The molecule has 0 aromatic carbocycles. The quantitative estimate of drug-likeness (QED) is 0.760. The van der Waals surface area contributed by atoms with Crippen molar-refractivity contribution in [3.05, 3.63) is 24.0 Å². The molecule has 1 aliphatic rings. The Labute approximate surface area is 84.0 Å². The maximum absolute atomic E-state index is 10.1. The van der Waals surface area contributed by atoms with Crippen molar-refractivity contribution in [1.29, 1.82) is 0 Å². The van der Waals surface area contributed by atoms with E-state index in [1.807, 2.05) is 6.92 Å². The van der Waals surface area contributed by atoms with E-state index in [4.69, 9.17) is 5.73 Å². The van der Waals surface area contributed by atoms with Crippen molar-refractivity contribution in [2.45, 2.75) is 31.8 Å². The van der Waals surface area contributed by atoms with E-state index < -0.39 is 5.60 Å². The van der Waals surface area contributed by atoms with Crippen molar-refractivity contribution in [3.8, 4) is 0 Å². The molecule has 76 valence electrons. The van der Waals surface area contributed by atoms with Crippen molar-refractivity contribution in [1.82, 2.24) is 4.98 Å². The van der Waals surface area contributed by atoms with Gasteiger partial charge in [0.2, 0.25) is 0 Å². The number of hydrogen-bond donors (Lipinski definition) is 2. The molecule has 0 radical (unpaired) electrons. The van der Waals surface area contributed by atoms with Crippen LogP contribution in [0, 0.1) is 5.92 Å². The van der Waals surface area contributed by atoms with Gasteiger partial charge in [0, 0.05) is 24.5 Å². The summed E-state index contributed by atoms with van der Waals surface area (Å²) in [5.74, 6) is 0.446. The van der Waals surface area contributed by atoms with E-state index in [0.717, 1.165) is 24.1 Å². The molecule has 1 atom stereocenters. The second kappa shape index (κ2) is 3.24. The minimum atomic E-state index is -0.614. The predicted octanol–water partition coefficient (Wildman–Crippen LogP) is 1.37. The van der Waals surface area contributed by atoms with Gasteiger partial charge in [-0.3, -0.25) is 4.98 Å².